The van der Waals surface area contributed by atoms with Crippen LogP contribution in [0.4, 0.5) is 10.1 Å². The number of anilines is 1. The standard InChI is InChI=1S/C38H41BrFN3O6S/c1-48-35-22-21-33(24-36(35)49-2)50(46,47)43(32-19-17-30(40)18-20-32)26-37(44)42(25-28-13-15-29(39)16-14-28)34(23-27-9-5-3-6-10-27)38(45)41-31-11-7-4-8-12-31/h3,5-6,9-10,13-22,24,31,34H,4,7-8,11-12,23,25-26H2,1-2H3,(H,41,45). The fourth-order valence-electron chi connectivity index (χ4n) is 6.13. The van der Waals surface area contributed by atoms with Crippen LogP contribution in [0.5, 0.6) is 11.5 Å². The summed E-state index contributed by atoms with van der Waals surface area (Å²) in [4.78, 5) is 30.2. The normalized spacial score (nSPS) is 14.0. The van der Waals surface area contributed by atoms with Gasteiger partial charge in [0, 0.05) is 29.5 Å². The first-order valence-corrected chi connectivity index (χ1v) is 18.7. The Labute approximate surface area is 301 Å². The van der Waals surface area contributed by atoms with Crippen molar-refractivity contribution < 1.29 is 31.9 Å². The highest BCUT2D eigenvalue weighted by Gasteiger charge is 2.35. The zero-order valence-electron chi connectivity index (χ0n) is 28.1. The van der Waals surface area contributed by atoms with Gasteiger partial charge in [0.15, 0.2) is 11.5 Å². The molecule has 0 radical (unpaired) electrons. The van der Waals surface area contributed by atoms with Gasteiger partial charge in [0.05, 0.1) is 24.8 Å². The summed E-state index contributed by atoms with van der Waals surface area (Å²) in [6, 6.07) is 24.8. The molecule has 0 aliphatic heterocycles. The molecule has 1 aliphatic carbocycles. The van der Waals surface area contributed by atoms with Crippen LogP contribution in [0.25, 0.3) is 0 Å². The zero-order chi connectivity index (χ0) is 35.7. The van der Waals surface area contributed by atoms with Crippen molar-refractivity contribution in [1.82, 2.24) is 10.2 Å². The molecule has 12 heteroatoms. The SMILES string of the molecule is COc1ccc(S(=O)(=O)N(CC(=O)N(Cc2ccc(Br)cc2)C(Cc2ccccc2)C(=O)NC2CCCCC2)c2ccc(F)cc2)cc1OC. The predicted octanol–water partition coefficient (Wildman–Crippen LogP) is 6.89. The van der Waals surface area contributed by atoms with Gasteiger partial charge in [-0.1, -0.05) is 77.7 Å². The minimum Gasteiger partial charge on any atom is -0.493 e. The van der Waals surface area contributed by atoms with Crippen LogP contribution in [0.2, 0.25) is 0 Å². The van der Waals surface area contributed by atoms with E-state index in [0.717, 1.165) is 64.1 Å². The smallest absolute Gasteiger partial charge is 0.264 e. The quantitative estimate of drug-likeness (QED) is 0.150. The van der Waals surface area contributed by atoms with Gasteiger partial charge in [0.1, 0.15) is 18.4 Å². The minimum absolute atomic E-state index is 0.0136. The fourth-order valence-corrected chi connectivity index (χ4v) is 7.82. The molecule has 0 bridgehead atoms. The molecule has 1 fully saturated rings. The third-order valence-electron chi connectivity index (χ3n) is 8.83. The van der Waals surface area contributed by atoms with E-state index in [1.807, 2.05) is 54.6 Å². The van der Waals surface area contributed by atoms with Crippen LogP contribution in [-0.2, 0) is 32.6 Å². The predicted molar refractivity (Wildman–Crippen MR) is 194 cm³/mol. The van der Waals surface area contributed by atoms with Gasteiger partial charge in [0.25, 0.3) is 10.0 Å². The maximum Gasteiger partial charge on any atom is 0.264 e. The monoisotopic (exact) mass is 765 g/mol. The average Bonchev–Trinajstić information content (AvgIpc) is 3.13. The van der Waals surface area contributed by atoms with Crippen LogP contribution in [0.15, 0.2) is 106 Å². The van der Waals surface area contributed by atoms with Crippen LogP contribution >= 0.6 is 15.9 Å². The molecule has 0 saturated heterocycles. The number of nitrogens with zero attached hydrogens (tertiary/aromatic N) is 2. The summed E-state index contributed by atoms with van der Waals surface area (Å²) in [6.07, 6.45) is 5.05. The number of sulfonamides is 1. The molecule has 264 valence electrons. The lowest BCUT2D eigenvalue weighted by atomic mass is 9.94. The van der Waals surface area contributed by atoms with E-state index in [1.54, 1.807) is 0 Å². The topological polar surface area (TPSA) is 105 Å². The molecule has 0 aromatic heterocycles. The zero-order valence-corrected chi connectivity index (χ0v) is 30.5. The second-order valence-corrected chi connectivity index (χ2v) is 15.0. The van der Waals surface area contributed by atoms with Crippen molar-refractivity contribution in [3.05, 3.63) is 118 Å². The maximum absolute atomic E-state index is 14.7. The number of carbonyl (C=O) groups is 2. The Morgan fingerprint density at radius 2 is 1.52 bits per heavy atom. The lowest BCUT2D eigenvalue weighted by Gasteiger charge is -2.35. The molecule has 1 saturated carbocycles. The fraction of sp³-hybridized carbons (Fsp3) is 0.316. The van der Waals surface area contributed by atoms with Crippen LogP contribution in [0, 0.1) is 5.82 Å². The first kappa shape index (κ1) is 36.9. The van der Waals surface area contributed by atoms with Crippen LogP contribution in [0.3, 0.4) is 0 Å². The van der Waals surface area contributed by atoms with Gasteiger partial charge in [-0.25, -0.2) is 12.8 Å². The number of hydrogen-bond acceptors (Lipinski definition) is 6. The summed E-state index contributed by atoms with van der Waals surface area (Å²) in [5.41, 5.74) is 1.67. The third-order valence-corrected chi connectivity index (χ3v) is 11.1. The van der Waals surface area contributed by atoms with Crippen molar-refractivity contribution in [3.8, 4) is 11.5 Å². The van der Waals surface area contributed by atoms with Gasteiger partial charge in [-0.3, -0.25) is 13.9 Å². The Kier molecular flexibility index (Phi) is 12.5. The molecule has 4 aromatic carbocycles. The second-order valence-electron chi connectivity index (χ2n) is 12.2. The average molecular weight is 767 g/mol. The highest BCUT2D eigenvalue weighted by molar-refractivity contribution is 9.10. The number of benzene rings is 4. The molecule has 4 aromatic rings. The molecular weight excluding hydrogens is 725 g/mol. The summed E-state index contributed by atoms with van der Waals surface area (Å²) < 4.78 is 55.3. The highest BCUT2D eigenvalue weighted by Crippen LogP contribution is 2.33. The highest BCUT2D eigenvalue weighted by atomic mass is 79.9. The molecule has 1 unspecified atom stereocenters. The molecule has 5 rings (SSSR count). The molecule has 50 heavy (non-hydrogen) atoms. The van der Waals surface area contributed by atoms with E-state index in [0.29, 0.717) is 5.75 Å². The van der Waals surface area contributed by atoms with Crippen molar-refractivity contribution in [1.29, 1.82) is 0 Å². The number of rotatable bonds is 14. The molecule has 1 N–H and O–H groups in total. The Balaban J connectivity index is 1.57. The number of hydrogen-bond donors (Lipinski definition) is 1. The van der Waals surface area contributed by atoms with E-state index >= 15 is 0 Å². The van der Waals surface area contributed by atoms with Crippen LogP contribution in [-0.4, -0.2) is 58.0 Å². The third kappa shape index (κ3) is 9.22. The van der Waals surface area contributed by atoms with Crippen LogP contribution < -0.4 is 19.1 Å². The Hall–Kier alpha value is -4.42. The van der Waals surface area contributed by atoms with E-state index in [4.69, 9.17) is 9.47 Å². The van der Waals surface area contributed by atoms with Crippen molar-refractivity contribution in [3.63, 3.8) is 0 Å². The van der Waals surface area contributed by atoms with E-state index < -0.39 is 34.3 Å². The van der Waals surface area contributed by atoms with Crippen LogP contribution in [0.1, 0.15) is 43.2 Å². The molecular formula is C38H41BrFN3O6S. The van der Waals surface area contributed by atoms with E-state index in [1.165, 1.54) is 49.5 Å². The summed E-state index contributed by atoms with van der Waals surface area (Å²) in [5.74, 6) is -0.978. The van der Waals surface area contributed by atoms with Gasteiger partial charge in [-0.15, -0.1) is 0 Å². The Morgan fingerprint density at radius 3 is 2.16 bits per heavy atom. The minimum atomic E-state index is -4.44. The largest absolute Gasteiger partial charge is 0.493 e. The van der Waals surface area contributed by atoms with Crippen molar-refractivity contribution in [2.75, 3.05) is 25.1 Å². The molecule has 1 atom stereocenters. The first-order chi connectivity index (χ1) is 24.1. The maximum atomic E-state index is 14.7. The van der Waals surface area contributed by atoms with E-state index in [2.05, 4.69) is 21.2 Å². The summed E-state index contributed by atoms with van der Waals surface area (Å²) in [5, 5.41) is 3.20. The number of methoxy groups -OCH3 is 2. The second kappa shape index (κ2) is 17.0. The van der Waals surface area contributed by atoms with Gasteiger partial charge < -0.3 is 19.7 Å². The van der Waals surface area contributed by atoms with E-state index in [9.17, 15) is 22.4 Å². The van der Waals surface area contributed by atoms with E-state index in [-0.39, 0.29) is 41.2 Å². The van der Waals surface area contributed by atoms with Gasteiger partial charge in [-0.05, 0) is 72.5 Å². The Morgan fingerprint density at radius 1 is 0.860 bits per heavy atom. The molecule has 9 nitrogen and oxygen atoms in total. The lowest BCUT2D eigenvalue weighted by molar-refractivity contribution is -0.140. The number of halogens is 2. The molecule has 1 aliphatic rings. The number of carbonyl (C=O) groups excluding carboxylic acids is 2. The molecule has 0 heterocycles. The summed E-state index contributed by atoms with van der Waals surface area (Å²) in [6.45, 7) is -0.629. The number of nitrogens with one attached hydrogen (secondary N) is 1. The molecule has 0 spiro atoms. The summed E-state index contributed by atoms with van der Waals surface area (Å²) in [7, 11) is -1.61. The van der Waals surface area contributed by atoms with Gasteiger partial charge in [0.2, 0.25) is 11.8 Å². The Bertz CT molecular complexity index is 1850. The van der Waals surface area contributed by atoms with Gasteiger partial charge in [-0.2, -0.15) is 0 Å². The van der Waals surface area contributed by atoms with Crippen molar-refractivity contribution >= 4 is 43.5 Å². The van der Waals surface area contributed by atoms with Crippen molar-refractivity contribution in [2.24, 2.45) is 0 Å². The lowest BCUT2D eigenvalue weighted by Crippen LogP contribution is -2.55. The number of amides is 2. The number of ether oxygens (including phenoxy) is 2. The first-order valence-electron chi connectivity index (χ1n) is 16.5. The van der Waals surface area contributed by atoms with Crippen molar-refractivity contribution in [2.45, 2.75) is 62.0 Å². The molecule has 2 amide bonds. The summed E-state index contributed by atoms with van der Waals surface area (Å²) >= 11 is 3.46. The van der Waals surface area contributed by atoms with Gasteiger partial charge >= 0.3 is 0 Å².